The van der Waals surface area contributed by atoms with E-state index in [-0.39, 0.29) is 34.2 Å². The molecule has 0 bridgehead atoms. The Bertz CT molecular complexity index is 720. The Morgan fingerprint density at radius 3 is 2.45 bits per heavy atom. The number of carbonyl (C=O) groups is 1. The van der Waals surface area contributed by atoms with Gasteiger partial charge in [0, 0.05) is 0 Å². The lowest BCUT2D eigenvalue weighted by atomic mass is 9.43. The molecule has 1 saturated heterocycles. The van der Waals surface area contributed by atoms with Gasteiger partial charge in [0.15, 0.2) is 5.56 Å². The van der Waals surface area contributed by atoms with E-state index in [4.69, 9.17) is 0 Å². The predicted octanol–water partition coefficient (Wildman–Crippen LogP) is 3.51. The van der Waals surface area contributed by atoms with Crippen LogP contribution in [0.25, 0.3) is 0 Å². The zero-order chi connectivity index (χ0) is 22.1. The molecule has 4 N–H and O–H groups in total. The third-order valence-corrected chi connectivity index (χ3v) is 12.0. The van der Waals surface area contributed by atoms with Crippen LogP contribution in [0.4, 0.5) is 0 Å². The number of hydrogen-bond donors (Lipinski definition) is 4. The number of amides is 1. The van der Waals surface area contributed by atoms with Crippen LogP contribution in [-0.2, 0) is 4.79 Å². The number of thioether (sulfide) groups is 1. The smallest absolute Gasteiger partial charge is 0.235 e. The molecule has 5 fully saturated rings. The summed E-state index contributed by atoms with van der Waals surface area (Å²) in [4.78, 5) is 12.2. The Hall–Kier alpha value is -0.300. The van der Waals surface area contributed by atoms with E-state index in [0.717, 1.165) is 32.1 Å². The highest BCUT2D eigenvalue weighted by Crippen LogP contribution is 2.68. The topological polar surface area (TPSA) is 89.8 Å². The summed E-state index contributed by atoms with van der Waals surface area (Å²) in [6.45, 7) is 7.25. The molecular weight excluding hydrogens is 410 g/mol. The molecule has 1 heterocycles. The molecular formula is C25H41NO4S. The third kappa shape index (κ3) is 3.50. The van der Waals surface area contributed by atoms with E-state index in [0.29, 0.717) is 35.5 Å². The van der Waals surface area contributed by atoms with Crippen molar-refractivity contribution in [2.45, 2.75) is 102 Å². The summed E-state index contributed by atoms with van der Waals surface area (Å²) in [5.41, 5.74) is -0.257. The van der Waals surface area contributed by atoms with Crippen LogP contribution in [0.2, 0.25) is 0 Å². The van der Waals surface area contributed by atoms with E-state index in [9.17, 15) is 20.1 Å². The Morgan fingerprint density at radius 2 is 1.74 bits per heavy atom. The lowest BCUT2D eigenvalue weighted by molar-refractivity contribution is -0.174. The number of rotatable bonds is 3. The van der Waals surface area contributed by atoms with Crippen LogP contribution in [0.1, 0.15) is 78.6 Å². The first-order chi connectivity index (χ1) is 14.6. The van der Waals surface area contributed by atoms with Gasteiger partial charge in [0.2, 0.25) is 5.91 Å². The minimum absolute atomic E-state index is 0.0195. The first-order valence-electron chi connectivity index (χ1n) is 12.6. The maximum Gasteiger partial charge on any atom is 0.235 e. The Kier molecular flexibility index (Phi) is 5.72. The molecule has 4 aliphatic carbocycles. The number of nitrogens with one attached hydrogen (secondary N) is 1. The quantitative estimate of drug-likeness (QED) is 0.527. The molecule has 6 heteroatoms. The third-order valence-electron chi connectivity index (χ3n) is 10.9. The Morgan fingerprint density at radius 1 is 1.03 bits per heavy atom. The van der Waals surface area contributed by atoms with Crippen molar-refractivity contribution in [2.75, 3.05) is 0 Å². The summed E-state index contributed by atoms with van der Waals surface area (Å²) in [6.07, 6.45) is 8.95. The van der Waals surface area contributed by atoms with Gasteiger partial charge in [0.05, 0.1) is 17.5 Å². The normalized spacial score (nSPS) is 55.2. The van der Waals surface area contributed by atoms with Gasteiger partial charge in [-0.05, 0) is 104 Å². The van der Waals surface area contributed by atoms with Crippen molar-refractivity contribution in [3.8, 4) is 0 Å². The molecule has 5 nitrogen and oxygen atoms in total. The highest BCUT2D eigenvalue weighted by atomic mass is 32.2. The summed E-state index contributed by atoms with van der Waals surface area (Å²) in [6, 6.07) is 0. The fourth-order valence-electron chi connectivity index (χ4n) is 9.31. The minimum atomic E-state index is -0.757. The van der Waals surface area contributed by atoms with Crippen molar-refractivity contribution in [1.29, 1.82) is 0 Å². The van der Waals surface area contributed by atoms with Crippen LogP contribution in [0.15, 0.2) is 0 Å². The van der Waals surface area contributed by atoms with Crippen molar-refractivity contribution in [1.82, 2.24) is 5.32 Å². The number of hydrogen-bond acceptors (Lipinski definition) is 5. The second-order valence-corrected chi connectivity index (χ2v) is 13.4. The van der Waals surface area contributed by atoms with E-state index in [2.05, 4.69) is 26.1 Å². The van der Waals surface area contributed by atoms with Crippen molar-refractivity contribution < 1.29 is 20.1 Å². The maximum absolute atomic E-state index is 12.2. The van der Waals surface area contributed by atoms with Crippen LogP contribution < -0.4 is 5.32 Å². The molecule has 12 atom stereocenters. The monoisotopic (exact) mass is 451 g/mol. The zero-order valence-electron chi connectivity index (χ0n) is 19.3. The van der Waals surface area contributed by atoms with Gasteiger partial charge >= 0.3 is 0 Å². The van der Waals surface area contributed by atoms with Gasteiger partial charge in [-0.25, -0.2) is 0 Å². The largest absolute Gasteiger partial charge is 0.393 e. The molecule has 0 radical (unpaired) electrons. The number of aliphatic hydroxyl groups is 3. The van der Waals surface area contributed by atoms with E-state index in [1.165, 1.54) is 37.4 Å². The van der Waals surface area contributed by atoms with E-state index in [1.54, 1.807) is 0 Å². The first kappa shape index (κ1) is 22.5. The lowest BCUT2D eigenvalue weighted by Gasteiger charge is -2.62. The Balaban J connectivity index is 1.34. The standard InChI is InChI=1S/C25H41NO4S/c1-13(10-20-22(29)26-23(30)31-20)16-4-5-17-21-18(7-9-25(16,17)3)24(2)8-6-15(27)11-14(24)12-19(21)28/h13-21,23,27-28,30H,4-12H2,1-3H3,(H,26,29)/t13-,14+,15-,16?,17?,18?,19-,20+,21?,23?,24+,25-/m1/s1. The molecule has 31 heavy (non-hydrogen) atoms. The van der Waals surface area contributed by atoms with Gasteiger partial charge in [-0.3, -0.25) is 4.79 Å². The second-order valence-electron chi connectivity index (χ2n) is 12.2. The molecule has 0 aromatic carbocycles. The Labute approximate surface area is 191 Å². The lowest BCUT2D eigenvalue weighted by Crippen LogP contribution is -2.58. The summed E-state index contributed by atoms with van der Waals surface area (Å²) in [7, 11) is 0. The molecule has 1 aliphatic heterocycles. The summed E-state index contributed by atoms with van der Waals surface area (Å²) in [5.74, 6) is 2.98. The maximum atomic E-state index is 12.2. The SMILES string of the molecule is C[C@H](C[C@@H]1SC(O)NC1=O)C1CCC2C3C(CC[C@@]21C)[C@@]1(C)CC[C@@H](O)C[C@H]1C[C@H]3O. The average molecular weight is 452 g/mol. The van der Waals surface area contributed by atoms with Gasteiger partial charge in [0.1, 0.15) is 0 Å². The summed E-state index contributed by atoms with van der Waals surface area (Å²) in [5, 5.41) is 33.9. The van der Waals surface area contributed by atoms with Gasteiger partial charge in [0.25, 0.3) is 0 Å². The van der Waals surface area contributed by atoms with E-state index >= 15 is 0 Å². The molecule has 4 saturated carbocycles. The summed E-state index contributed by atoms with van der Waals surface area (Å²) < 4.78 is 0. The van der Waals surface area contributed by atoms with Gasteiger partial charge in [-0.2, -0.15) is 0 Å². The van der Waals surface area contributed by atoms with Crippen LogP contribution in [-0.4, -0.2) is 44.2 Å². The molecule has 5 aliphatic rings. The van der Waals surface area contributed by atoms with Crippen LogP contribution >= 0.6 is 11.8 Å². The fourth-order valence-corrected chi connectivity index (χ4v) is 10.4. The average Bonchev–Trinajstić information content (AvgIpc) is 3.21. The van der Waals surface area contributed by atoms with Crippen molar-refractivity contribution >= 4 is 17.7 Å². The zero-order valence-corrected chi connectivity index (χ0v) is 20.1. The number of aliphatic hydroxyl groups excluding tert-OH is 3. The molecule has 176 valence electrons. The minimum Gasteiger partial charge on any atom is -0.393 e. The molecule has 0 aromatic heterocycles. The van der Waals surface area contributed by atoms with E-state index in [1.807, 2.05) is 0 Å². The highest BCUT2D eigenvalue weighted by molar-refractivity contribution is 8.01. The van der Waals surface area contributed by atoms with E-state index < -0.39 is 5.56 Å². The molecule has 0 aromatic rings. The predicted molar refractivity (Wildman–Crippen MR) is 122 cm³/mol. The van der Waals surface area contributed by atoms with Crippen LogP contribution in [0.5, 0.6) is 0 Å². The van der Waals surface area contributed by atoms with Gasteiger partial charge in [-0.1, -0.05) is 32.5 Å². The highest BCUT2D eigenvalue weighted by Gasteiger charge is 2.63. The van der Waals surface area contributed by atoms with Gasteiger partial charge < -0.3 is 20.6 Å². The van der Waals surface area contributed by atoms with Crippen molar-refractivity contribution in [2.24, 2.45) is 46.3 Å². The van der Waals surface area contributed by atoms with Crippen molar-refractivity contribution in [3.05, 3.63) is 0 Å². The van der Waals surface area contributed by atoms with Crippen LogP contribution in [0, 0.1) is 46.3 Å². The van der Waals surface area contributed by atoms with Gasteiger partial charge in [-0.15, -0.1) is 0 Å². The van der Waals surface area contributed by atoms with Crippen molar-refractivity contribution in [3.63, 3.8) is 0 Å². The molecule has 0 spiro atoms. The molecule has 5 unspecified atom stereocenters. The second kappa shape index (κ2) is 7.89. The summed E-state index contributed by atoms with van der Waals surface area (Å²) >= 11 is 1.35. The molecule has 5 rings (SSSR count). The van der Waals surface area contributed by atoms with Crippen LogP contribution in [0.3, 0.4) is 0 Å². The number of carbonyl (C=O) groups excluding carboxylic acids is 1. The molecule has 1 amide bonds. The number of fused-ring (bicyclic) bond motifs is 5. The first-order valence-corrected chi connectivity index (χ1v) is 13.6. The fraction of sp³-hybridized carbons (Fsp3) is 0.960.